The van der Waals surface area contributed by atoms with Gasteiger partial charge in [-0.25, -0.2) is 4.98 Å². The summed E-state index contributed by atoms with van der Waals surface area (Å²) < 4.78 is 1.08. The van der Waals surface area contributed by atoms with Crippen LogP contribution in [0.25, 0.3) is 0 Å². The number of aryl methyl sites for hydroxylation is 1. The van der Waals surface area contributed by atoms with Crippen LogP contribution in [0.5, 0.6) is 0 Å². The minimum Gasteiger partial charge on any atom is -0.353 e. The summed E-state index contributed by atoms with van der Waals surface area (Å²) in [6, 6.07) is 3.31. The molecule has 2 heterocycles. The number of halogens is 1. The minimum absolute atomic E-state index is 0.574. The summed E-state index contributed by atoms with van der Waals surface area (Å²) in [5.74, 6) is 1.09. The van der Waals surface area contributed by atoms with Crippen LogP contribution in [0.4, 0.5) is 5.82 Å². The molecule has 3 nitrogen and oxygen atoms in total. The van der Waals surface area contributed by atoms with Crippen molar-refractivity contribution in [2.45, 2.75) is 32.9 Å². The molecule has 0 spiro atoms. The molecule has 0 saturated carbocycles. The van der Waals surface area contributed by atoms with E-state index in [2.05, 4.69) is 64.6 Å². The van der Waals surface area contributed by atoms with Gasteiger partial charge in [0.15, 0.2) is 0 Å². The summed E-state index contributed by atoms with van der Waals surface area (Å²) in [7, 11) is 2.20. The highest BCUT2D eigenvalue weighted by Gasteiger charge is 2.27. The highest BCUT2D eigenvalue weighted by atomic mass is 79.9. The van der Waals surface area contributed by atoms with Gasteiger partial charge in [-0.15, -0.1) is 0 Å². The molecule has 0 aliphatic carbocycles. The molecule has 17 heavy (non-hydrogen) atoms. The number of anilines is 1. The number of hydrogen-bond donors (Lipinski definition) is 0. The van der Waals surface area contributed by atoms with E-state index in [4.69, 9.17) is 0 Å². The van der Waals surface area contributed by atoms with E-state index in [1.807, 2.05) is 6.20 Å². The highest BCUT2D eigenvalue weighted by molar-refractivity contribution is 9.10. The minimum atomic E-state index is 0.574. The van der Waals surface area contributed by atoms with Gasteiger partial charge in [0.1, 0.15) is 5.82 Å². The molecule has 1 aromatic heterocycles. The van der Waals surface area contributed by atoms with Crippen LogP contribution in [0.3, 0.4) is 0 Å². The lowest BCUT2D eigenvalue weighted by Gasteiger charge is -2.43. The van der Waals surface area contributed by atoms with Gasteiger partial charge in [-0.05, 0) is 55.4 Å². The fourth-order valence-electron chi connectivity index (χ4n) is 2.29. The normalized spacial score (nSPS) is 26.3. The maximum atomic E-state index is 4.52. The van der Waals surface area contributed by atoms with Crippen molar-refractivity contribution in [1.82, 2.24) is 9.88 Å². The molecule has 0 aromatic carbocycles. The number of aromatic nitrogens is 1. The molecule has 94 valence electrons. The standard InChI is InChI=1S/C13H20BrN3/c1-9-5-13(15-6-12(9)14)17-7-10(2)16(4)11(3)8-17/h5-6,10-11H,7-8H2,1-4H3. The molecule has 2 unspecified atom stereocenters. The van der Waals surface area contributed by atoms with E-state index >= 15 is 0 Å². The van der Waals surface area contributed by atoms with Gasteiger partial charge < -0.3 is 4.90 Å². The second-order valence-corrected chi connectivity index (χ2v) is 5.91. The lowest BCUT2D eigenvalue weighted by atomic mass is 10.1. The molecule has 2 atom stereocenters. The predicted octanol–water partition coefficient (Wildman–Crippen LogP) is 2.68. The van der Waals surface area contributed by atoms with E-state index in [0.29, 0.717) is 12.1 Å². The van der Waals surface area contributed by atoms with Crippen molar-refractivity contribution in [2.24, 2.45) is 0 Å². The first kappa shape index (κ1) is 12.8. The highest BCUT2D eigenvalue weighted by Crippen LogP contribution is 2.23. The molecule has 1 aliphatic rings. The van der Waals surface area contributed by atoms with Crippen molar-refractivity contribution in [1.29, 1.82) is 0 Å². The zero-order valence-corrected chi connectivity index (χ0v) is 12.5. The average molecular weight is 298 g/mol. The first-order valence-electron chi connectivity index (χ1n) is 6.08. The molecule has 4 heteroatoms. The third-order valence-corrected chi connectivity index (χ3v) is 4.55. The second kappa shape index (κ2) is 4.94. The molecule has 0 bridgehead atoms. The topological polar surface area (TPSA) is 19.4 Å². The molecule has 1 aliphatic heterocycles. The van der Waals surface area contributed by atoms with Crippen LogP contribution in [0, 0.1) is 6.92 Å². The predicted molar refractivity (Wildman–Crippen MR) is 75.6 cm³/mol. The molecular weight excluding hydrogens is 278 g/mol. The number of piperazine rings is 1. The lowest BCUT2D eigenvalue weighted by Crippen LogP contribution is -2.55. The van der Waals surface area contributed by atoms with Gasteiger partial charge in [-0.2, -0.15) is 0 Å². The Bertz CT molecular complexity index is 396. The molecule has 1 aromatic rings. The summed E-state index contributed by atoms with van der Waals surface area (Å²) in [4.78, 5) is 9.33. The molecule has 1 fully saturated rings. The smallest absolute Gasteiger partial charge is 0.128 e. The third-order valence-electron chi connectivity index (χ3n) is 3.72. The van der Waals surface area contributed by atoms with E-state index < -0.39 is 0 Å². The third kappa shape index (κ3) is 2.63. The summed E-state index contributed by atoms with van der Waals surface area (Å²) in [6.07, 6.45) is 1.90. The Kier molecular flexibility index (Phi) is 3.73. The Morgan fingerprint density at radius 2 is 1.88 bits per heavy atom. The van der Waals surface area contributed by atoms with Gasteiger partial charge in [-0.3, -0.25) is 4.90 Å². The van der Waals surface area contributed by atoms with E-state index in [1.54, 1.807) is 0 Å². The van der Waals surface area contributed by atoms with Crippen LogP contribution in [-0.4, -0.2) is 42.1 Å². The largest absolute Gasteiger partial charge is 0.353 e. The zero-order chi connectivity index (χ0) is 12.6. The zero-order valence-electron chi connectivity index (χ0n) is 10.9. The lowest BCUT2D eigenvalue weighted by molar-refractivity contribution is 0.169. The molecule has 2 rings (SSSR count). The van der Waals surface area contributed by atoms with Gasteiger partial charge in [0.25, 0.3) is 0 Å². The van der Waals surface area contributed by atoms with Crippen molar-refractivity contribution in [2.75, 3.05) is 25.0 Å². The Hall–Kier alpha value is -0.610. The fourth-order valence-corrected chi connectivity index (χ4v) is 2.51. The summed E-state index contributed by atoms with van der Waals surface area (Å²) in [6.45, 7) is 8.75. The summed E-state index contributed by atoms with van der Waals surface area (Å²) in [5.41, 5.74) is 1.24. The SMILES string of the molecule is Cc1cc(N2CC(C)N(C)C(C)C2)ncc1Br. The van der Waals surface area contributed by atoms with Gasteiger partial charge in [0.05, 0.1) is 0 Å². The Morgan fingerprint density at radius 3 is 2.41 bits per heavy atom. The second-order valence-electron chi connectivity index (χ2n) is 5.06. The summed E-state index contributed by atoms with van der Waals surface area (Å²) in [5, 5.41) is 0. The quantitative estimate of drug-likeness (QED) is 0.794. The Balaban J connectivity index is 2.20. The van der Waals surface area contributed by atoms with Crippen LogP contribution in [0.2, 0.25) is 0 Å². The Labute approximate surface area is 112 Å². The van der Waals surface area contributed by atoms with Crippen LogP contribution in [0.1, 0.15) is 19.4 Å². The summed E-state index contributed by atoms with van der Waals surface area (Å²) >= 11 is 3.50. The van der Waals surface area contributed by atoms with Gasteiger partial charge >= 0.3 is 0 Å². The van der Waals surface area contributed by atoms with Gasteiger partial charge in [0, 0.05) is 35.8 Å². The molecule has 0 radical (unpaired) electrons. The van der Waals surface area contributed by atoms with E-state index in [-0.39, 0.29) is 0 Å². The molecular formula is C13H20BrN3. The average Bonchev–Trinajstić information content (AvgIpc) is 2.29. The number of likely N-dealkylation sites (N-methyl/N-ethyl adjacent to an activating group) is 1. The van der Waals surface area contributed by atoms with Crippen LogP contribution in [0.15, 0.2) is 16.7 Å². The van der Waals surface area contributed by atoms with E-state index in [9.17, 15) is 0 Å². The van der Waals surface area contributed by atoms with Crippen molar-refractivity contribution < 1.29 is 0 Å². The van der Waals surface area contributed by atoms with Crippen molar-refractivity contribution in [3.05, 3.63) is 22.3 Å². The number of pyridine rings is 1. The Morgan fingerprint density at radius 1 is 1.29 bits per heavy atom. The molecule has 0 amide bonds. The molecule has 0 N–H and O–H groups in total. The maximum Gasteiger partial charge on any atom is 0.128 e. The van der Waals surface area contributed by atoms with Crippen molar-refractivity contribution in [3.8, 4) is 0 Å². The van der Waals surface area contributed by atoms with Crippen molar-refractivity contribution >= 4 is 21.7 Å². The first-order valence-corrected chi connectivity index (χ1v) is 6.87. The number of rotatable bonds is 1. The van der Waals surface area contributed by atoms with Crippen molar-refractivity contribution in [3.63, 3.8) is 0 Å². The van der Waals surface area contributed by atoms with Crippen LogP contribution < -0.4 is 4.90 Å². The monoisotopic (exact) mass is 297 g/mol. The number of nitrogens with zero attached hydrogens (tertiary/aromatic N) is 3. The molecule has 1 saturated heterocycles. The van der Waals surface area contributed by atoms with E-state index in [1.165, 1.54) is 5.56 Å². The first-order chi connectivity index (χ1) is 7.99. The fraction of sp³-hybridized carbons (Fsp3) is 0.615. The van der Waals surface area contributed by atoms with Gasteiger partial charge in [-0.1, -0.05) is 0 Å². The van der Waals surface area contributed by atoms with E-state index in [0.717, 1.165) is 23.4 Å². The van der Waals surface area contributed by atoms with Crippen LogP contribution in [-0.2, 0) is 0 Å². The van der Waals surface area contributed by atoms with Crippen LogP contribution >= 0.6 is 15.9 Å². The van der Waals surface area contributed by atoms with Gasteiger partial charge in [0.2, 0.25) is 0 Å². The number of hydrogen-bond acceptors (Lipinski definition) is 3. The maximum absolute atomic E-state index is 4.52.